The quantitative estimate of drug-likeness (QED) is 0.352. The Morgan fingerprint density at radius 2 is 1.55 bits per heavy atom. The third-order valence-corrected chi connectivity index (χ3v) is 5.52. The molecule has 0 radical (unpaired) electrons. The summed E-state index contributed by atoms with van der Waals surface area (Å²) in [6.07, 6.45) is 0.438. The number of nitrogens with zero attached hydrogens (tertiary/aromatic N) is 2. The highest BCUT2D eigenvalue weighted by Crippen LogP contribution is 2.28. The van der Waals surface area contributed by atoms with Crippen LogP contribution >= 0.6 is 0 Å². The van der Waals surface area contributed by atoms with Gasteiger partial charge in [-0.05, 0) is 42.5 Å². The van der Waals surface area contributed by atoms with Crippen LogP contribution in [0.1, 0.15) is 28.0 Å². The van der Waals surface area contributed by atoms with Gasteiger partial charge in [-0.2, -0.15) is 0 Å². The van der Waals surface area contributed by atoms with Crippen molar-refractivity contribution in [3.05, 3.63) is 83.9 Å². The number of aromatic amines is 2. The number of aromatic nitrogens is 4. The van der Waals surface area contributed by atoms with Crippen LogP contribution in [0.15, 0.2) is 66.7 Å². The van der Waals surface area contributed by atoms with Gasteiger partial charge < -0.3 is 24.8 Å². The van der Waals surface area contributed by atoms with Gasteiger partial charge in [0.25, 0.3) is 5.91 Å². The molecule has 0 spiro atoms. The average Bonchev–Trinajstić information content (AvgIpc) is 3.46. The lowest BCUT2D eigenvalue weighted by Crippen LogP contribution is -2.31. The van der Waals surface area contributed by atoms with Gasteiger partial charge in [-0.1, -0.05) is 24.3 Å². The molecule has 0 bridgehead atoms. The minimum absolute atomic E-state index is 0.252. The summed E-state index contributed by atoms with van der Waals surface area (Å²) in [5, 5.41) is 3.10. The van der Waals surface area contributed by atoms with Crippen LogP contribution in [0.25, 0.3) is 22.1 Å². The van der Waals surface area contributed by atoms with E-state index >= 15 is 0 Å². The van der Waals surface area contributed by atoms with E-state index in [1.54, 1.807) is 25.3 Å². The number of nitrogens with one attached hydrogen (secondary N) is 3. The molecule has 0 aliphatic heterocycles. The zero-order valence-corrected chi connectivity index (χ0v) is 18.3. The molecule has 1 amide bonds. The fourth-order valence-corrected chi connectivity index (χ4v) is 3.87. The van der Waals surface area contributed by atoms with Crippen LogP contribution < -0.4 is 14.8 Å². The van der Waals surface area contributed by atoms with E-state index in [9.17, 15) is 4.79 Å². The van der Waals surface area contributed by atoms with Gasteiger partial charge in [0.2, 0.25) is 0 Å². The number of H-pyrrole nitrogens is 2. The van der Waals surface area contributed by atoms with Gasteiger partial charge in [0.15, 0.2) is 11.5 Å². The summed E-state index contributed by atoms with van der Waals surface area (Å²) in [5.74, 6) is 2.21. The Bertz CT molecular complexity index is 1370. The number of hydrogen-bond donors (Lipinski definition) is 3. The van der Waals surface area contributed by atoms with E-state index in [1.165, 1.54) is 7.11 Å². The summed E-state index contributed by atoms with van der Waals surface area (Å²) < 4.78 is 10.6. The number of rotatable bonds is 7. The lowest BCUT2D eigenvalue weighted by Gasteiger charge is -2.16. The molecular weight excluding hydrogens is 418 g/mol. The zero-order chi connectivity index (χ0) is 22.8. The number of hydrogen-bond acceptors (Lipinski definition) is 5. The number of benzene rings is 3. The monoisotopic (exact) mass is 441 g/mol. The summed E-state index contributed by atoms with van der Waals surface area (Å²) >= 11 is 0. The first-order chi connectivity index (χ1) is 16.1. The Kier molecular flexibility index (Phi) is 5.40. The minimum atomic E-state index is -0.432. The average molecular weight is 441 g/mol. The molecule has 1 unspecified atom stereocenters. The number of carbonyl (C=O) groups excluding carboxylic acids is 1. The molecule has 5 aromatic rings. The maximum absolute atomic E-state index is 13.2. The molecule has 0 saturated carbocycles. The second-order valence-electron chi connectivity index (χ2n) is 7.64. The van der Waals surface area contributed by atoms with Crippen LogP contribution in [-0.4, -0.2) is 40.1 Å². The predicted molar refractivity (Wildman–Crippen MR) is 126 cm³/mol. The van der Waals surface area contributed by atoms with Crippen LogP contribution in [0.5, 0.6) is 11.5 Å². The molecular formula is C25H23N5O3. The minimum Gasteiger partial charge on any atom is -0.493 e. The molecule has 0 aliphatic carbocycles. The lowest BCUT2D eigenvalue weighted by atomic mass is 10.1. The molecule has 1 atom stereocenters. The smallest absolute Gasteiger partial charge is 0.252 e. The van der Waals surface area contributed by atoms with E-state index in [0.717, 1.165) is 27.9 Å². The number of para-hydroxylation sites is 4. The molecule has 0 saturated heterocycles. The predicted octanol–water partition coefficient (Wildman–Crippen LogP) is 4.17. The highest BCUT2D eigenvalue weighted by Gasteiger charge is 2.22. The first kappa shape index (κ1) is 20.6. The van der Waals surface area contributed by atoms with Crippen molar-refractivity contribution in [3.8, 4) is 11.5 Å². The van der Waals surface area contributed by atoms with Gasteiger partial charge >= 0.3 is 0 Å². The van der Waals surface area contributed by atoms with E-state index in [-0.39, 0.29) is 5.91 Å². The normalized spacial score (nSPS) is 12.1. The van der Waals surface area contributed by atoms with E-state index in [4.69, 9.17) is 14.5 Å². The topological polar surface area (TPSA) is 105 Å². The van der Waals surface area contributed by atoms with Crippen molar-refractivity contribution in [1.82, 2.24) is 25.3 Å². The van der Waals surface area contributed by atoms with E-state index in [1.807, 2.05) is 48.5 Å². The Labute approximate surface area is 190 Å². The molecule has 5 rings (SSSR count). The lowest BCUT2D eigenvalue weighted by molar-refractivity contribution is 0.0934. The molecule has 33 heavy (non-hydrogen) atoms. The number of methoxy groups -OCH3 is 2. The highest BCUT2D eigenvalue weighted by atomic mass is 16.5. The van der Waals surface area contributed by atoms with Gasteiger partial charge in [0, 0.05) is 12.0 Å². The van der Waals surface area contributed by atoms with Crippen molar-refractivity contribution >= 4 is 28.0 Å². The summed E-state index contributed by atoms with van der Waals surface area (Å²) in [4.78, 5) is 29.3. The van der Waals surface area contributed by atoms with Crippen LogP contribution in [0.3, 0.4) is 0 Å². The van der Waals surface area contributed by atoms with Gasteiger partial charge in [-0.15, -0.1) is 0 Å². The van der Waals surface area contributed by atoms with Crippen LogP contribution in [0.2, 0.25) is 0 Å². The number of fused-ring (bicyclic) bond motifs is 2. The maximum Gasteiger partial charge on any atom is 0.252 e. The molecule has 166 valence electrons. The Hall–Kier alpha value is -4.33. The fraction of sp³-hybridized carbons (Fsp3) is 0.160. The van der Waals surface area contributed by atoms with Crippen LogP contribution in [-0.2, 0) is 6.42 Å². The third-order valence-electron chi connectivity index (χ3n) is 5.52. The highest BCUT2D eigenvalue weighted by molar-refractivity contribution is 5.95. The number of imidazole rings is 2. The van der Waals surface area contributed by atoms with Crippen molar-refractivity contribution in [1.29, 1.82) is 0 Å². The third kappa shape index (κ3) is 4.10. The molecule has 0 aliphatic rings. The first-order valence-electron chi connectivity index (χ1n) is 10.6. The molecule has 8 heteroatoms. The standard InChI is InChI=1S/C25H23N5O3/c1-32-21-12-11-15(13-22(21)33-2)25(31)30-20(24-28-18-9-5-6-10-19(18)29-24)14-23-26-16-7-3-4-8-17(16)27-23/h3-13,20H,14H2,1-2H3,(H,26,27)(H,28,29)(H,30,31). The number of amides is 1. The van der Waals surface area contributed by atoms with Crippen LogP contribution in [0.4, 0.5) is 0 Å². The number of carbonyl (C=O) groups is 1. The molecule has 2 heterocycles. The SMILES string of the molecule is COc1ccc(C(=O)NC(Cc2nc3ccccc3[nH]2)c2nc3ccccc3[nH]2)cc1OC. The Balaban J connectivity index is 1.48. The largest absolute Gasteiger partial charge is 0.493 e. The van der Waals surface area contributed by atoms with Crippen molar-refractivity contribution in [2.24, 2.45) is 0 Å². The molecule has 8 nitrogen and oxygen atoms in total. The first-order valence-corrected chi connectivity index (χ1v) is 10.6. The second kappa shape index (κ2) is 8.66. The van der Waals surface area contributed by atoms with Gasteiger partial charge in [-0.3, -0.25) is 4.79 Å². The van der Waals surface area contributed by atoms with E-state index in [2.05, 4.69) is 20.3 Å². The van der Waals surface area contributed by atoms with Crippen molar-refractivity contribution in [3.63, 3.8) is 0 Å². The summed E-state index contributed by atoms with van der Waals surface area (Å²) in [6, 6.07) is 20.2. The molecule has 0 fully saturated rings. The molecule has 2 aromatic heterocycles. The summed E-state index contributed by atoms with van der Waals surface area (Å²) in [7, 11) is 3.10. The van der Waals surface area contributed by atoms with Crippen molar-refractivity contribution in [2.75, 3.05) is 14.2 Å². The van der Waals surface area contributed by atoms with Gasteiger partial charge in [0.05, 0.1) is 42.3 Å². The number of ether oxygens (including phenoxy) is 2. The Morgan fingerprint density at radius 1 is 0.879 bits per heavy atom. The molecule has 3 N–H and O–H groups in total. The maximum atomic E-state index is 13.2. The van der Waals surface area contributed by atoms with Gasteiger partial charge in [-0.25, -0.2) is 9.97 Å². The second-order valence-corrected chi connectivity index (χ2v) is 7.64. The molecule has 3 aromatic carbocycles. The van der Waals surface area contributed by atoms with E-state index < -0.39 is 6.04 Å². The van der Waals surface area contributed by atoms with Gasteiger partial charge in [0.1, 0.15) is 11.6 Å². The Morgan fingerprint density at radius 3 is 2.21 bits per heavy atom. The van der Waals surface area contributed by atoms with Crippen LogP contribution in [0, 0.1) is 0 Å². The summed E-state index contributed by atoms with van der Waals surface area (Å²) in [5.41, 5.74) is 4.02. The fourth-order valence-electron chi connectivity index (χ4n) is 3.87. The van der Waals surface area contributed by atoms with Crippen molar-refractivity contribution < 1.29 is 14.3 Å². The zero-order valence-electron chi connectivity index (χ0n) is 18.3. The van der Waals surface area contributed by atoms with E-state index in [0.29, 0.717) is 29.3 Å². The van der Waals surface area contributed by atoms with Crippen molar-refractivity contribution in [2.45, 2.75) is 12.5 Å². The summed E-state index contributed by atoms with van der Waals surface area (Å²) in [6.45, 7) is 0.